The smallest absolute Gasteiger partial charge is 0.253 e. The number of fused-ring (bicyclic) bond motifs is 1. The summed E-state index contributed by atoms with van der Waals surface area (Å²) < 4.78 is 5.54. The minimum Gasteiger partial charge on any atom is -0.494 e. The first-order valence-corrected chi connectivity index (χ1v) is 13.6. The molecule has 1 saturated heterocycles. The van der Waals surface area contributed by atoms with Gasteiger partial charge in [-0.05, 0) is 105 Å². The lowest BCUT2D eigenvalue weighted by atomic mass is 9.97. The zero-order chi connectivity index (χ0) is 26.5. The molecule has 7 nitrogen and oxygen atoms in total. The molecule has 2 heterocycles. The molecule has 0 atom stereocenters. The van der Waals surface area contributed by atoms with E-state index in [1.54, 1.807) is 0 Å². The Morgan fingerprint density at radius 2 is 1.78 bits per heavy atom. The Hall–Kier alpha value is -2.94. The molecule has 3 aromatic rings. The number of aromatic nitrogens is 1. The first-order chi connectivity index (χ1) is 17.8. The van der Waals surface area contributed by atoms with Crippen molar-refractivity contribution in [3.63, 3.8) is 0 Å². The number of benzene rings is 2. The van der Waals surface area contributed by atoms with Crippen LogP contribution in [0, 0.1) is 13.8 Å². The van der Waals surface area contributed by atoms with Gasteiger partial charge in [-0.1, -0.05) is 13.8 Å². The number of hydrogen-bond donors (Lipinski definition) is 3. The highest BCUT2D eigenvalue weighted by molar-refractivity contribution is 7.80. The van der Waals surface area contributed by atoms with Crippen LogP contribution < -0.4 is 20.9 Å². The van der Waals surface area contributed by atoms with Gasteiger partial charge in [-0.15, -0.1) is 0 Å². The number of aryl methyl sites for hydroxylation is 2. The average molecular weight is 522 g/mol. The summed E-state index contributed by atoms with van der Waals surface area (Å²) in [6, 6.07) is 12.2. The second-order valence-corrected chi connectivity index (χ2v) is 10.1. The quantitative estimate of drug-likeness (QED) is 0.338. The van der Waals surface area contributed by atoms with Crippen LogP contribution in [0.25, 0.3) is 10.9 Å². The largest absolute Gasteiger partial charge is 0.494 e. The van der Waals surface area contributed by atoms with Crippen molar-refractivity contribution in [2.45, 2.75) is 53.8 Å². The minimum atomic E-state index is -0.0607. The summed E-state index contributed by atoms with van der Waals surface area (Å²) in [6.45, 7) is 16.2. The van der Waals surface area contributed by atoms with Crippen molar-refractivity contribution >= 4 is 33.9 Å². The molecular weight excluding hydrogens is 482 g/mol. The van der Waals surface area contributed by atoms with Crippen molar-refractivity contribution in [2.75, 3.05) is 38.1 Å². The van der Waals surface area contributed by atoms with Crippen LogP contribution in [-0.2, 0) is 13.1 Å². The molecule has 0 amide bonds. The van der Waals surface area contributed by atoms with Gasteiger partial charge in [0, 0.05) is 30.9 Å². The van der Waals surface area contributed by atoms with Gasteiger partial charge in [-0.3, -0.25) is 9.69 Å². The van der Waals surface area contributed by atoms with E-state index in [0.29, 0.717) is 23.8 Å². The molecule has 0 bridgehead atoms. The van der Waals surface area contributed by atoms with Gasteiger partial charge in [0.25, 0.3) is 5.56 Å². The first kappa shape index (κ1) is 27.1. The Morgan fingerprint density at radius 3 is 2.38 bits per heavy atom. The molecule has 8 heteroatoms. The fourth-order valence-electron chi connectivity index (χ4n) is 4.85. The fraction of sp³-hybridized carbons (Fsp3) is 0.448. The number of ether oxygens (including phenoxy) is 1. The van der Waals surface area contributed by atoms with E-state index in [9.17, 15) is 4.79 Å². The van der Waals surface area contributed by atoms with Gasteiger partial charge in [-0.2, -0.15) is 0 Å². The Morgan fingerprint density at radius 1 is 1.08 bits per heavy atom. The molecule has 198 valence electrons. The SMILES string of the molecule is CCOc1ccc(NC(=S)N(Cc2cc3cc(C)c(CN(CC)CC)c(C)c3[nH]c2=O)C2CNC2)cc1. The summed E-state index contributed by atoms with van der Waals surface area (Å²) in [4.78, 5) is 21.0. The van der Waals surface area contributed by atoms with Crippen molar-refractivity contribution in [1.82, 2.24) is 20.1 Å². The van der Waals surface area contributed by atoms with E-state index in [1.807, 2.05) is 37.3 Å². The number of thiocarbonyl (C=S) groups is 1. The summed E-state index contributed by atoms with van der Waals surface area (Å²) in [7, 11) is 0. The third kappa shape index (κ3) is 6.14. The van der Waals surface area contributed by atoms with Crippen LogP contribution in [0.1, 0.15) is 43.0 Å². The Kier molecular flexibility index (Phi) is 8.84. The van der Waals surface area contributed by atoms with Crippen molar-refractivity contribution in [1.29, 1.82) is 0 Å². The summed E-state index contributed by atoms with van der Waals surface area (Å²) >= 11 is 5.82. The highest BCUT2D eigenvalue weighted by Crippen LogP contribution is 2.26. The van der Waals surface area contributed by atoms with Crippen molar-refractivity contribution in [3.05, 3.63) is 69.0 Å². The lowest BCUT2D eigenvalue weighted by Crippen LogP contribution is -2.59. The number of rotatable bonds is 10. The van der Waals surface area contributed by atoms with E-state index < -0.39 is 0 Å². The molecular formula is C29H39N5O2S. The van der Waals surface area contributed by atoms with Crippen LogP contribution in [0.2, 0.25) is 0 Å². The number of H-pyrrole nitrogens is 1. The van der Waals surface area contributed by atoms with E-state index in [0.717, 1.165) is 60.6 Å². The van der Waals surface area contributed by atoms with Crippen molar-refractivity contribution < 1.29 is 4.74 Å². The monoisotopic (exact) mass is 521 g/mol. The summed E-state index contributed by atoms with van der Waals surface area (Å²) in [5.41, 5.74) is 6.17. The molecule has 0 spiro atoms. The Labute approximate surface area is 225 Å². The Balaban J connectivity index is 1.59. The van der Waals surface area contributed by atoms with Gasteiger partial charge in [0.2, 0.25) is 0 Å². The van der Waals surface area contributed by atoms with Crippen LogP contribution >= 0.6 is 12.2 Å². The van der Waals surface area contributed by atoms with Gasteiger partial charge < -0.3 is 25.3 Å². The van der Waals surface area contributed by atoms with Crippen LogP contribution in [0.15, 0.2) is 41.2 Å². The molecule has 0 radical (unpaired) electrons. The molecule has 1 aromatic heterocycles. The van der Waals surface area contributed by atoms with E-state index >= 15 is 0 Å². The number of aromatic amines is 1. The third-order valence-electron chi connectivity index (χ3n) is 7.32. The van der Waals surface area contributed by atoms with Gasteiger partial charge in [0.15, 0.2) is 5.11 Å². The molecule has 2 aromatic carbocycles. The molecule has 4 rings (SSSR count). The first-order valence-electron chi connectivity index (χ1n) is 13.2. The van der Waals surface area contributed by atoms with Crippen molar-refractivity contribution in [2.24, 2.45) is 0 Å². The van der Waals surface area contributed by atoms with Gasteiger partial charge >= 0.3 is 0 Å². The average Bonchev–Trinajstić information content (AvgIpc) is 2.85. The molecule has 1 fully saturated rings. The fourth-order valence-corrected chi connectivity index (χ4v) is 5.19. The zero-order valence-corrected chi connectivity index (χ0v) is 23.4. The van der Waals surface area contributed by atoms with E-state index in [4.69, 9.17) is 17.0 Å². The molecule has 3 N–H and O–H groups in total. The van der Waals surface area contributed by atoms with Gasteiger partial charge in [-0.25, -0.2) is 0 Å². The predicted molar refractivity (Wildman–Crippen MR) is 157 cm³/mol. The second kappa shape index (κ2) is 12.1. The molecule has 1 aliphatic heterocycles. The summed E-state index contributed by atoms with van der Waals surface area (Å²) in [5, 5.41) is 8.34. The van der Waals surface area contributed by atoms with Crippen molar-refractivity contribution in [3.8, 4) is 5.75 Å². The molecule has 0 saturated carbocycles. The molecule has 0 unspecified atom stereocenters. The zero-order valence-electron chi connectivity index (χ0n) is 22.6. The standard InChI is InChI=1S/C29H39N5O2S/c1-6-33(7-2)18-26-19(4)13-21-14-22(28(35)32-27(21)20(26)5)17-34(24-15-30-16-24)29(37)31-23-9-11-25(12-10-23)36-8-3/h9-14,24,30H,6-8,15-18H2,1-5H3,(H,31,37)(H,32,35). The summed E-state index contributed by atoms with van der Waals surface area (Å²) in [5.74, 6) is 0.826. The highest BCUT2D eigenvalue weighted by atomic mass is 32.1. The number of pyridine rings is 1. The minimum absolute atomic E-state index is 0.0607. The number of anilines is 1. The second-order valence-electron chi connectivity index (χ2n) is 9.67. The van der Waals surface area contributed by atoms with Crippen LogP contribution in [0.3, 0.4) is 0 Å². The number of hydrogen-bond acceptors (Lipinski definition) is 5. The molecule has 1 aliphatic rings. The van der Waals surface area contributed by atoms with Crippen LogP contribution in [-0.4, -0.2) is 58.7 Å². The normalized spacial score (nSPS) is 13.6. The molecule has 37 heavy (non-hydrogen) atoms. The van der Waals surface area contributed by atoms with E-state index in [1.165, 1.54) is 11.1 Å². The predicted octanol–water partition coefficient (Wildman–Crippen LogP) is 4.56. The van der Waals surface area contributed by atoms with E-state index in [2.05, 4.69) is 59.2 Å². The number of nitrogens with one attached hydrogen (secondary N) is 3. The van der Waals surface area contributed by atoms with Gasteiger partial charge in [0.05, 0.1) is 24.7 Å². The lowest BCUT2D eigenvalue weighted by molar-refractivity contribution is 0.228. The summed E-state index contributed by atoms with van der Waals surface area (Å²) in [6.07, 6.45) is 0. The van der Waals surface area contributed by atoms with Crippen LogP contribution in [0.4, 0.5) is 5.69 Å². The lowest BCUT2D eigenvalue weighted by Gasteiger charge is -2.39. The topological polar surface area (TPSA) is 72.6 Å². The molecule has 0 aliphatic carbocycles. The van der Waals surface area contributed by atoms with Gasteiger partial charge in [0.1, 0.15) is 5.75 Å². The third-order valence-corrected chi connectivity index (χ3v) is 7.66. The van der Waals surface area contributed by atoms with Crippen LogP contribution in [0.5, 0.6) is 5.75 Å². The highest BCUT2D eigenvalue weighted by Gasteiger charge is 2.28. The Bertz CT molecular complexity index is 1300. The van der Waals surface area contributed by atoms with E-state index in [-0.39, 0.29) is 11.6 Å². The number of nitrogens with zero attached hydrogens (tertiary/aromatic N) is 2. The maximum atomic E-state index is 13.3. The maximum absolute atomic E-state index is 13.3. The maximum Gasteiger partial charge on any atom is 0.253 e.